The van der Waals surface area contributed by atoms with E-state index in [0.29, 0.717) is 28.1 Å². The molecule has 0 radical (unpaired) electrons. The van der Waals surface area contributed by atoms with Crippen LogP contribution in [0.1, 0.15) is 46.2 Å². The van der Waals surface area contributed by atoms with Gasteiger partial charge in [-0.05, 0) is 52.7 Å². The van der Waals surface area contributed by atoms with Gasteiger partial charge in [0.05, 0.1) is 40.6 Å². The molecule has 1 saturated carbocycles. The van der Waals surface area contributed by atoms with Crippen molar-refractivity contribution >= 4 is 39.0 Å². The lowest BCUT2D eigenvalue weighted by atomic mass is 9.89. The third-order valence-electron chi connectivity index (χ3n) is 5.13. The van der Waals surface area contributed by atoms with Crippen LogP contribution >= 0.6 is 11.3 Å². The van der Waals surface area contributed by atoms with E-state index >= 15 is 0 Å². The highest BCUT2D eigenvalue weighted by Gasteiger charge is 2.34. The topological polar surface area (TPSA) is 106 Å². The van der Waals surface area contributed by atoms with Crippen molar-refractivity contribution in [2.45, 2.75) is 57.3 Å². The minimum Gasteiger partial charge on any atom is -0.474 e. The molecule has 1 aliphatic rings. The van der Waals surface area contributed by atoms with E-state index in [1.54, 1.807) is 12.4 Å². The Morgan fingerprint density at radius 2 is 1.91 bits per heavy atom. The van der Waals surface area contributed by atoms with Gasteiger partial charge in [-0.2, -0.15) is 0 Å². The number of carbonyl (C=O) groups is 1. The molecule has 1 aromatic carbocycles. The summed E-state index contributed by atoms with van der Waals surface area (Å²) in [6, 6.07) is 7.41. The molecule has 8 nitrogen and oxygen atoms in total. The lowest BCUT2D eigenvalue weighted by molar-refractivity contribution is -0.120. The zero-order chi connectivity index (χ0) is 23.6. The molecule has 1 fully saturated rings. The van der Waals surface area contributed by atoms with E-state index in [1.807, 2.05) is 57.3 Å². The van der Waals surface area contributed by atoms with Crippen LogP contribution in [0.25, 0.3) is 11.3 Å². The quantitative estimate of drug-likeness (QED) is 0.461. The Labute approximate surface area is 199 Å². The fraction of sp³-hybridized carbons (Fsp3) is 0.391. The molecule has 10 heteroatoms. The molecule has 0 bridgehead atoms. The number of nitrogens with one attached hydrogen (secondary N) is 2. The average molecular weight is 486 g/mol. The molecule has 0 aliphatic heterocycles. The number of benzene rings is 1. The number of amides is 1. The predicted octanol–water partition coefficient (Wildman–Crippen LogP) is 4.54. The first-order chi connectivity index (χ1) is 15.7. The van der Waals surface area contributed by atoms with Gasteiger partial charge in [0.25, 0.3) is 0 Å². The number of aromatic nitrogens is 3. The van der Waals surface area contributed by atoms with Gasteiger partial charge >= 0.3 is 0 Å². The normalized spacial score (nSPS) is 14.7. The van der Waals surface area contributed by atoms with Gasteiger partial charge in [0, 0.05) is 16.6 Å². The maximum absolute atomic E-state index is 13.0. The highest BCUT2D eigenvalue weighted by atomic mass is 32.2. The van der Waals surface area contributed by atoms with E-state index < -0.39 is 16.4 Å². The van der Waals surface area contributed by atoms with E-state index in [2.05, 4.69) is 25.0 Å². The van der Waals surface area contributed by atoms with Crippen LogP contribution in [0.5, 0.6) is 5.88 Å². The first-order valence-corrected chi connectivity index (χ1v) is 12.9. The smallest absolute Gasteiger partial charge is 0.236 e. The van der Waals surface area contributed by atoms with Crippen molar-refractivity contribution in [2.75, 3.05) is 10.0 Å². The molecule has 1 atom stereocenters. The van der Waals surface area contributed by atoms with E-state index in [1.165, 1.54) is 11.3 Å². The van der Waals surface area contributed by atoms with E-state index in [0.717, 1.165) is 18.4 Å². The second-order valence-corrected chi connectivity index (χ2v) is 11.0. The summed E-state index contributed by atoms with van der Waals surface area (Å²) in [5.74, 6) is 0.294. The molecule has 1 amide bonds. The second kappa shape index (κ2) is 9.56. The largest absolute Gasteiger partial charge is 0.474 e. The number of carbonyl (C=O) groups excluding carboxylic acids is 1. The molecule has 1 unspecified atom stereocenters. The third kappa shape index (κ3) is 5.75. The van der Waals surface area contributed by atoms with Crippen LogP contribution in [0.2, 0.25) is 0 Å². The van der Waals surface area contributed by atoms with Gasteiger partial charge < -0.3 is 10.1 Å². The fourth-order valence-corrected chi connectivity index (χ4v) is 5.08. The Kier molecular flexibility index (Phi) is 6.76. The minimum atomic E-state index is -1.11. The predicted molar refractivity (Wildman–Crippen MR) is 132 cm³/mol. The Bertz CT molecular complexity index is 1160. The summed E-state index contributed by atoms with van der Waals surface area (Å²) in [5.41, 5.74) is 2.01. The van der Waals surface area contributed by atoms with Crippen LogP contribution < -0.4 is 14.8 Å². The Hall–Kier alpha value is -2.85. The molecule has 2 aromatic heterocycles. The SMILES string of the molecule is CC(C)Oc1cncc(-c2ccc(NC(=O)C(C)(C)c3csc(NS(=O)C4CC4)n3)cc2)n1. The number of ether oxygens (including phenoxy) is 1. The summed E-state index contributed by atoms with van der Waals surface area (Å²) in [7, 11) is -1.11. The molecule has 2 N–H and O–H groups in total. The van der Waals surface area contributed by atoms with Gasteiger partial charge in [-0.1, -0.05) is 12.1 Å². The van der Waals surface area contributed by atoms with Crippen molar-refractivity contribution < 1.29 is 13.7 Å². The second-order valence-electron chi connectivity index (χ2n) is 8.70. The van der Waals surface area contributed by atoms with Gasteiger partial charge in [-0.3, -0.25) is 14.5 Å². The zero-order valence-corrected chi connectivity index (χ0v) is 20.6. The molecule has 33 heavy (non-hydrogen) atoms. The van der Waals surface area contributed by atoms with Gasteiger partial charge in [-0.15, -0.1) is 11.3 Å². The number of thiazole rings is 1. The first kappa shape index (κ1) is 23.3. The fourth-order valence-electron chi connectivity index (χ4n) is 2.97. The molecule has 0 spiro atoms. The molecule has 4 rings (SSSR count). The van der Waals surface area contributed by atoms with Crippen LogP contribution in [-0.4, -0.2) is 36.4 Å². The summed E-state index contributed by atoms with van der Waals surface area (Å²) >= 11 is 1.36. The van der Waals surface area contributed by atoms with Crippen molar-refractivity contribution in [3.8, 4) is 17.1 Å². The van der Waals surface area contributed by atoms with Gasteiger partial charge in [-0.25, -0.2) is 14.2 Å². The van der Waals surface area contributed by atoms with Gasteiger partial charge in [0.2, 0.25) is 11.8 Å². The zero-order valence-electron chi connectivity index (χ0n) is 19.0. The third-order valence-corrected chi connectivity index (χ3v) is 7.49. The highest BCUT2D eigenvalue weighted by molar-refractivity contribution is 7.87. The Morgan fingerprint density at radius 3 is 2.58 bits per heavy atom. The summed E-state index contributed by atoms with van der Waals surface area (Å²) < 4.78 is 20.6. The first-order valence-electron chi connectivity index (χ1n) is 10.8. The van der Waals surface area contributed by atoms with Crippen LogP contribution in [0.4, 0.5) is 10.8 Å². The monoisotopic (exact) mass is 485 g/mol. The van der Waals surface area contributed by atoms with Crippen molar-refractivity contribution in [2.24, 2.45) is 0 Å². The average Bonchev–Trinajstić information content (AvgIpc) is 3.53. The number of anilines is 2. The van der Waals surface area contributed by atoms with Gasteiger partial charge in [0.15, 0.2) is 5.13 Å². The molecular formula is C23H27N5O3S2. The molecule has 2 heterocycles. The van der Waals surface area contributed by atoms with Crippen molar-refractivity contribution in [1.82, 2.24) is 15.0 Å². The summed E-state index contributed by atoms with van der Waals surface area (Å²) in [4.78, 5) is 26.2. The molecule has 0 saturated heterocycles. The highest BCUT2D eigenvalue weighted by Crippen LogP contribution is 2.31. The maximum atomic E-state index is 13.0. The molecular weight excluding hydrogens is 458 g/mol. The van der Waals surface area contributed by atoms with Crippen LogP contribution in [0, 0.1) is 0 Å². The molecule has 3 aromatic rings. The van der Waals surface area contributed by atoms with E-state index in [9.17, 15) is 9.00 Å². The lowest BCUT2D eigenvalue weighted by Gasteiger charge is -2.21. The Morgan fingerprint density at radius 1 is 1.18 bits per heavy atom. The van der Waals surface area contributed by atoms with Crippen LogP contribution in [0.3, 0.4) is 0 Å². The van der Waals surface area contributed by atoms with E-state index in [-0.39, 0.29) is 17.3 Å². The van der Waals surface area contributed by atoms with Crippen molar-refractivity contribution in [3.63, 3.8) is 0 Å². The number of hydrogen-bond donors (Lipinski definition) is 2. The Balaban J connectivity index is 1.41. The lowest BCUT2D eigenvalue weighted by Crippen LogP contribution is -2.35. The molecule has 174 valence electrons. The standard InChI is InChI=1S/C23H27N5O3S2/c1-14(2)31-20-12-24-11-18(26-20)15-5-7-16(8-6-15)25-21(29)23(3,4)19-13-32-22(27-19)28-33(30)17-9-10-17/h5-8,11-14,17H,9-10H2,1-4H3,(H,25,29)(H,27,28). The minimum absolute atomic E-state index is 0.0143. The summed E-state index contributed by atoms with van der Waals surface area (Å²) in [5, 5.41) is 5.58. The number of hydrogen-bond acceptors (Lipinski definition) is 7. The van der Waals surface area contributed by atoms with Crippen LogP contribution in [0.15, 0.2) is 42.0 Å². The summed E-state index contributed by atoms with van der Waals surface area (Å²) in [6.07, 6.45) is 5.24. The molecule has 1 aliphatic carbocycles. The maximum Gasteiger partial charge on any atom is 0.236 e. The number of rotatable bonds is 9. The van der Waals surface area contributed by atoms with Crippen molar-refractivity contribution in [3.05, 3.63) is 47.7 Å². The summed E-state index contributed by atoms with van der Waals surface area (Å²) in [6.45, 7) is 7.52. The van der Waals surface area contributed by atoms with E-state index in [4.69, 9.17) is 4.74 Å². The van der Waals surface area contributed by atoms with Gasteiger partial charge in [0.1, 0.15) is 11.0 Å². The number of nitrogens with zero attached hydrogens (tertiary/aromatic N) is 3. The van der Waals surface area contributed by atoms with Crippen LogP contribution in [-0.2, 0) is 21.2 Å². The van der Waals surface area contributed by atoms with Crippen molar-refractivity contribution in [1.29, 1.82) is 0 Å².